The predicted octanol–water partition coefficient (Wildman–Crippen LogP) is 1.56. The van der Waals surface area contributed by atoms with Gasteiger partial charge in [-0.3, -0.25) is 0 Å². The third-order valence-corrected chi connectivity index (χ3v) is 2.36. The zero-order chi connectivity index (χ0) is 11.6. The van der Waals surface area contributed by atoms with Crippen molar-refractivity contribution < 1.29 is 19.7 Å². The Kier molecular flexibility index (Phi) is 3.55. The molecule has 0 aromatic heterocycles. The Morgan fingerprint density at radius 3 is 2.67 bits per heavy atom. The molecular formula is C10H11ClO4. The largest absolute Gasteiger partial charge is 0.506 e. The fraction of sp³-hybridized carbons (Fsp3) is 0.300. The van der Waals surface area contributed by atoms with E-state index < -0.39 is 12.1 Å². The second-order valence-electron chi connectivity index (χ2n) is 3.09. The predicted molar refractivity (Wildman–Crippen MR) is 54.8 cm³/mol. The molecule has 0 heterocycles. The molecule has 1 unspecified atom stereocenters. The molecule has 5 heteroatoms. The van der Waals surface area contributed by atoms with Crippen molar-refractivity contribution in [2.24, 2.45) is 0 Å². The van der Waals surface area contributed by atoms with Gasteiger partial charge in [0.1, 0.15) is 5.75 Å². The van der Waals surface area contributed by atoms with Crippen molar-refractivity contribution in [1.29, 1.82) is 0 Å². The van der Waals surface area contributed by atoms with E-state index in [0.29, 0.717) is 11.1 Å². The molecule has 4 nitrogen and oxygen atoms in total. The van der Waals surface area contributed by atoms with Crippen LogP contribution in [0.3, 0.4) is 0 Å². The van der Waals surface area contributed by atoms with Crippen LogP contribution in [0.15, 0.2) is 12.1 Å². The number of rotatable bonds is 2. The van der Waals surface area contributed by atoms with Gasteiger partial charge >= 0.3 is 5.97 Å². The summed E-state index contributed by atoms with van der Waals surface area (Å²) in [5, 5.41) is 18.9. The minimum atomic E-state index is -1.38. The second-order valence-corrected chi connectivity index (χ2v) is 3.49. The normalized spacial score (nSPS) is 12.3. The highest BCUT2D eigenvalue weighted by Crippen LogP contribution is 2.30. The highest BCUT2D eigenvalue weighted by atomic mass is 35.5. The maximum atomic E-state index is 11.1. The zero-order valence-electron chi connectivity index (χ0n) is 8.32. The molecule has 0 bridgehead atoms. The summed E-state index contributed by atoms with van der Waals surface area (Å²) in [7, 11) is 1.18. The first-order valence-corrected chi connectivity index (χ1v) is 4.60. The molecule has 0 radical (unpaired) electrons. The van der Waals surface area contributed by atoms with E-state index in [4.69, 9.17) is 11.6 Å². The van der Waals surface area contributed by atoms with Crippen LogP contribution in [0.2, 0.25) is 5.02 Å². The molecule has 15 heavy (non-hydrogen) atoms. The Hall–Kier alpha value is -1.26. The van der Waals surface area contributed by atoms with Crippen molar-refractivity contribution in [1.82, 2.24) is 0 Å². The number of methoxy groups -OCH3 is 1. The molecule has 0 spiro atoms. The number of esters is 1. The molecule has 0 aliphatic carbocycles. The quantitative estimate of drug-likeness (QED) is 0.757. The van der Waals surface area contributed by atoms with Gasteiger partial charge in [-0.25, -0.2) is 4.79 Å². The third-order valence-electron chi connectivity index (χ3n) is 2.05. The summed E-state index contributed by atoms with van der Waals surface area (Å²) >= 11 is 5.66. The lowest BCUT2D eigenvalue weighted by Gasteiger charge is -2.12. The van der Waals surface area contributed by atoms with E-state index in [2.05, 4.69) is 4.74 Å². The Morgan fingerprint density at radius 2 is 2.13 bits per heavy atom. The van der Waals surface area contributed by atoms with Gasteiger partial charge in [-0.15, -0.1) is 0 Å². The Balaban J connectivity index is 3.14. The van der Waals surface area contributed by atoms with Crippen molar-refractivity contribution in [3.05, 3.63) is 28.3 Å². The van der Waals surface area contributed by atoms with Crippen molar-refractivity contribution in [3.8, 4) is 5.75 Å². The molecule has 0 saturated heterocycles. The number of aliphatic hydroxyl groups is 1. The van der Waals surface area contributed by atoms with Gasteiger partial charge in [0.2, 0.25) is 0 Å². The molecule has 1 rings (SSSR count). The van der Waals surface area contributed by atoms with Crippen molar-refractivity contribution in [2.75, 3.05) is 7.11 Å². The average Bonchev–Trinajstić information content (AvgIpc) is 2.21. The van der Waals surface area contributed by atoms with Gasteiger partial charge in [-0.1, -0.05) is 11.6 Å². The Bertz CT molecular complexity index is 389. The minimum Gasteiger partial charge on any atom is -0.506 e. The number of phenolic OH excluding ortho intramolecular Hbond substituents is 1. The number of hydrogen-bond donors (Lipinski definition) is 2. The molecule has 82 valence electrons. The summed E-state index contributed by atoms with van der Waals surface area (Å²) in [5.41, 5.74) is 0.888. The molecule has 1 aromatic carbocycles. The second kappa shape index (κ2) is 4.51. The Labute approximate surface area is 92.1 Å². The van der Waals surface area contributed by atoms with E-state index in [0.717, 1.165) is 0 Å². The van der Waals surface area contributed by atoms with Gasteiger partial charge < -0.3 is 14.9 Å². The summed E-state index contributed by atoms with van der Waals surface area (Å²) in [6.45, 7) is 1.65. The van der Waals surface area contributed by atoms with Gasteiger partial charge in [0, 0.05) is 0 Å². The van der Waals surface area contributed by atoms with E-state index in [1.54, 1.807) is 6.92 Å². The van der Waals surface area contributed by atoms with Crippen LogP contribution in [0.1, 0.15) is 17.2 Å². The number of carbonyl (C=O) groups is 1. The molecule has 0 saturated carbocycles. The van der Waals surface area contributed by atoms with Crippen molar-refractivity contribution in [2.45, 2.75) is 13.0 Å². The van der Waals surface area contributed by atoms with Crippen LogP contribution in [-0.4, -0.2) is 23.3 Å². The van der Waals surface area contributed by atoms with Gasteiger partial charge in [-0.05, 0) is 30.2 Å². The number of carbonyl (C=O) groups excluding carboxylic acids is 1. The van der Waals surface area contributed by atoms with Gasteiger partial charge in [-0.2, -0.15) is 0 Å². The topological polar surface area (TPSA) is 66.8 Å². The van der Waals surface area contributed by atoms with Gasteiger partial charge in [0.05, 0.1) is 12.1 Å². The van der Waals surface area contributed by atoms with Crippen LogP contribution < -0.4 is 0 Å². The standard InChI is InChI=1S/C10H11ClO4/c1-5-3-8(12)7(11)4-6(5)9(13)10(14)15-2/h3-4,9,12-13H,1-2H3. The summed E-state index contributed by atoms with van der Waals surface area (Å²) < 4.78 is 4.40. The molecular weight excluding hydrogens is 220 g/mol. The Morgan fingerprint density at radius 1 is 1.53 bits per heavy atom. The number of halogens is 1. The zero-order valence-corrected chi connectivity index (χ0v) is 9.08. The van der Waals surface area contributed by atoms with Gasteiger partial charge in [0.25, 0.3) is 0 Å². The number of aryl methyl sites for hydroxylation is 1. The maximum absolute atomic E-state index is 11.1. The summed E-state index contributed by atoms with van der Waals surface area (Å²) in [6, 6.07) is 2.72. The SMILES string of the molecule is COC(=O)C(O)c1cc(Cl)c(O)cc1C. The van der Waals surface area contributed by atoms with Gasteiger partial charge in [0.15, 0.2) is 6.10 Å². The highest BCUT2D eigenvalue weighted by molar-refractivity contribution is 6.32. The molecule has 2 N–H and O–H groups in total. The number of aromatic hydroxyl groups is 1. The third kappa shape index (κ3) is 2.40. The van der Waals surface area contributed by atoms with Crippen LogP contribution in [-0.2, 0) is 9.53 Å². The van der Waals surface area contributed by atoms with Crippen molar-refractivity contribution in [3.63, 3.8) is 0 Å². The van der Waals surface area contributed by atoms with E-state index >= 15 is 0 Å². The van der Waals surface area contributed by atoms with E-state index in [1.807, 2.05) is 0 Å². The lowest BCUT2D eigenvalue weighted by molar-refractivity contribution is -0.150. The fourth-order valence-electron chi connectivity index (χ4n) is 1.21. The molecule has 0 aliphatic heterocycles. The number of hydrogen-bond acceptors (Lipinski definition) is 4. The molecule has 1 aromatic rings. The maximum Gasteiger partial charge on any atom is 0.339 e. The average molecular weight is 231 g/mol. The number of aliphatic hydroxyl groups excluding tert-OH is 1. The molecule has 0 aliphatic rings. The number of benzene rings is 1. The lowest BCUT2D eigenvalue weighted by atomic mass is 10.0. The van der Waals surface area contributed by atoms with Crippen LogP contribution in [0.4, 0.5) is 0 Å². The number of phenols is 1. The highest BCUT2D eigenvalue weighted by Gasteiger charge is 2.21. The monoisotopic (exact) mass is 230 g/mol. The molecule has 0 amide bonds. The van der Waals surface area contributed by atoms with E-state index in [1.165, 1.54) is 19.2 Å². The first kappa shape index (κ1) is 11.8. The van der Waals surface area contributed by atoms with Crippen molar-refractivity contribution >= 4 is 17.6 Å². The first-order chi connectivity index (χ1) is 6.97. The van der Waals surface area contributed by atoms with E-state index in [9.17, 15) is 15.0 Å². The fourth-order valence-corrected chi connectivity index (χ4v) is 1.39. The van der Waals surface area contributed by atoms with Crippen LogP contribution in [0.25, 0.3) is 0 Å². The lowest BCUT2D eigenvalue weighted by Crippen LogP contribution is -2.14. The smallest absolute Gasteiger partial charge is 0.339 e. The summed E-state index contributed by atoms with van der Waals surface area (Å²) in [4.78, 5) is 11.1. The number of ether oxygens (including phenoxy) is 1. The van der Waals surface area contributed by atoms with Crippen LogP contribution >= 0.6 is 11.6 Å². The summed E-state index contributed by atoms with van der Waals surface area (Å²) in [5.74, 6) is -0.852. The molecule has 0 fully saturated rings. The minimum absolute atomic E-state index is 0.0820. The summed E-state index contributed by atoms with van der Waals surface area (Å²) in [6.07, 6.45) is -1.38. The van der Waals surface area contributed by atoms with Crippen LogP contribution in [0.5, 0.6) is 5.75 Å². The first-order valence-electron chi connectivity index (χ1n) is 4.22. The molecule has 1 atom stereocenters. The van der Waals surface area contributed by atoms with Crippen LogP contribution in [0, 0.1) is 6.92 Å². The van der Waals surface area contributed by atoms with E-state index in [-0.39, 0.29) is 10.8 Å².